The summed E-state index contributed by atoms with van der Waals surface area (Å²) in [5, 5.41) is 17.9. The number of benzene rings is 1. The molecular weight excluding hydrogens is 422 g/mol. The van der Waals surface area contributed by atoms with E-state index in [4.69, 9.17) is 9.47 Å². The van der Waals surface area contributed by atoms with Gasteiger partial charge in [-0.05, 0) is 38.1 Å². The van der Waals surface area contributed by atoms with Gasteiger partial charge in [0.1, 0.15) is 5.75 Å². The number of aliphatic hydroxyl groups is 1. The maximum Gasteiger partial charge on any atom is 0.222 e. The Morgan fingerprint density at radius 2 is 2.09 bits per heavy atom. The Hall–Kier alpha value is -2.49. The van der Waals surface area contributed by atoms with Crippen molar-refractivity contribution in [2.75, 3.05) is 33.9 Å². The van der Waals surface area contributed by atoms with Crippen LogP contribution in [0, 0.1) is 5.92 Å². The Labute approximate surface area is 196 Å². The number of rotatable bonds is 7. The van der Waals surface area contributed by atoms with Crippen molar-refractivity contribution in [1.82, 2.24) is 24.8 Å². The van der Waals surface area contributed by atoms with Crippen molar-refractivity contribution in [2.45, 2.75) is 58.5 Å². The van der Waals surface area contributed by atoms with Crippen LogP contribution >= 0.6 is 0 Å². The number of hydrogen-bond acceptors (Lipinski definition) is 7. The molecule has 2 aromatic rings. The molecule has 0 aliphatic carbocycles. The normalized spacial score (nSPS) is 21.3. The number of ether oxygens (including phenoxy) is 2. The summed E-state index contributed by atoms with van der Waals surface area (Å²) in [4.78, 5) is 17.0. The zero-order valence-corrected chi connectivity index (χ0v) is 20.2. The third kappa shape index (κ3) is 6.99. The van der Waals surface area contributed by atoms with Gasteiger partial charge < -0.3 is 19.5 Å². The first-order chi connectivity index (χ1) is 15.9. The maximum atomic E-state index is 13.0. The third-order valence-electron chi connectivity index (χ3n) is 6.24. The molecule has 1 aromatic carbocycles. The van der Waals surface area contributed by atoms with E-state index in [2.05, 4.69) is 41.3 Å². The number of amides is 1. The molecular formula is C24H37N5O4. The van der Waals surface area contributed by atoms with Gasteiger partial charge in [0.15, 0.2) is 0 Å². The fourth-order valence-corrected chi connectivity index (χ4v) is 4.16. The largest absolute Gasteiger partial charge is 0.497 e. The Bertz CT molecular complexity index is 872. The molecule has 33 heavy (non-hydrogen) atoms. The zero-order valence-electron chi connectivity index (χ0n) is 20.2. The molecule has 0 radical (unpaired) electrons. The van der Waals surface area contributed by atoms with Crippen molar-refractivity contribution in [3.63, 3.8) is 0 Å². The van der Waals surface area contributed by atoms with Gasteiger partial charge in [-0.3, -0.25) is 9.69 Å². The van der Waals surface area contributed by atoms with Crippen LogP contribution in [0.4, 0.5) is 0 Å². The van der Waals surface area contributed by atoms with Crippen molar-refractivity contribution in [1.29, 1.82) is 0 Å². The van der Waals surface area contributed by atoms with Gasteiger partial charge >= 0.3 is 0 Å². The van der Waals surface area contributed by atoms with Crippen LogP contribution in [0.25, 0.3) is 0 Å². The molecule has 0 saturated heterocycles. The summed E-state index contributed by atoms with van der Waals surface area (Å²) >= 11 is 0. The number of aliphatic hydroxyl groups excluding tert-OH is 1. The van der Waals surface area contributed by atoms with E-state index in [-0.39, 0.29) is 30.6 Å². The minimum atomic E-state index is -0.234. The Kier molecular flexibility index (Phi) is 9.22. The third-order valence-corrected chi connectivity index (χ3v) is 6.24. The van der Waals surface area contributed by atoms with Crippen LogP contribution in [0.15, 0.2) is 30.5 Å². The number of likely N-dealkylation sites (N-methyl/N-ethyl adjacent to an activating group) is 1. The second-order valence-corrected chi connectivity index (χ2v) is 9.00. The number of fused-ring (bicyclic) bond motifs is 1. The number of aromatic nitrogens is 3. The highest BCUT2D eigenvalue weighted by molar-refractivity contribution is 5.76. The summed E-state index contributed by atoms with van der Waals surface area (Å²) in [6.45, 7) is 6.98. The van der Waals surface area contributed by atoms with Gasteiger partial charge in [-0.25, -0.2) is 4.68 Å². The average Bonchev–Trinajstić information content (AvgIpc) is 3.26. The smallest absolute Gasteiger partial charge is 0.222 e. The lowest BCUT2D eigenvalue weighted by atomic mass is 10.0. The summed E-state index contributed by atoms with van der Waals surface area (Å²) in [6.07, 6.45) is 2.71. The van der Waals surface area contributed by atoms with Gasteiger partial charge in [-0.1, -0.05) is 24.3 Å². The number of aryl methyl sites for hydroxylation is 1. The molecule has 1 N–H and O–H groups in total. The number of hydrogen-bond donors (Lipinski definition) is 1. The molecule has 0 saturated carbocycles. The zero-order chi connectivity index (χ0) is 23.8. The number of carbonyl (C=O) groups excluding carboxylic acids is 1. The molecule has 0 bridgehead atoms. The van der Waals surface area contributed by atoms with Crippen molar-refractivity contribution >= 4 is 5.91 Å². The Morgan fingerprint density at radius 3 is 2.79 bits per heavy atom. The predicted molar refractivity (Wildman–Crippen MR) is 125 cm³/mol. The van der Waals surface area contributed by atoms with Crippen molar-refractivity contribution in [3.8, 4) is 5.75 Å². The lowest BCUT2D eigenvalue weighted by molar-refractivity contribution is -0.136. The van der Waals surface area contributed by atoms with Crippen molar-refractivity contribution < 1.29 is 19.4 Å². The monoisotopic (exact) mass is 459 g/mol. The first kappa shape index (κ1) is 25.1. The van der Waals surface area contributed by atoms with Gasteiger partial charge in [-0.2, -0.15) is 0 Å². The lowest BCUT2D eigenvalue weighted by Crippen LogP contribution is -2.47. The molecule has 0 spiro atoms. The van der Waals surface area contributed by atoms with Gasteiger partial charge in [-0.15, -0.1) is 5.10 Å². The van der Waals surface area contributed by atoms with Crippen LogP contribution in [-0.2, 0) is 29.2 Å². The van der Waals surface area contributed by atoms with E-state index >= 15 is 0 Å². The number of nitrogens with zero attached hydrogens (tertiary/aromatic N) is 5. The van der Waals surface area contributed by atoms with E-state index in [1.165, 1.54) is 5.56 Å². The summed E-state index contributed by atoms with van der Waals surface area (Å²) in [5.74, 6) is 0.964. The highest BCUT2D eigenvalue weighted by atomic mass is 16.5. The van der Waals surface area contributed by atoms with Gasteiger partial charge in [0, 0.05) is 38.5 Å². The fraction of sp³-hybridized carbons (Fsp3) is 0.625. The van der Waals surface area contributed by atoms with E-state index in [9.17, 15) is 9.90 Å². The quantitative estimate of drug-likeness (QED) is 0.676. The van der Waals surface area contributed by atoms with Crippen LogP contribution in [0.2, 0.25) is 0 Å². The SMILES string of the molecule is COc1ccc(CN(C)C[C@@H]2OCc3cnnn3CCCC(=O)N([C@H](C)CO)C[C@@H]2C)cc1. The lowest BCUT2D eigenvalue weighted by Gasteiger charge is -2.35. The average molecular weight is 460 g/mol. The minimum Gasteiger partial charge on any atom is -0.497 e. The molecule has 1 aliphatic heterocycles. The van der Waals surface area contributed by atoms with E-state index in [1.54, 1.807) is 18.2 Å². The molecule has 3 rings (SSSR count). The first-order valence-electron chi connectivity index (χ1n) is 11.6. The van der Waals surface area contributed by atoms with E-state index in [1.807, 2.05) is 23.7 Å². The molecule has 0 unspecified atom stereocenters. The molecule has 2 heterocycles. The highest BCUT2D eigenvalue weighted by Crippen LogP contribution is 2.19. The minimum absolute atomic E-state index is 0.0518. The van der Waals surface area contributed by atoms with Crippen molar-refractivity contribution in [2.24, 2.45) is 5.92 Å². The summed E-state index contributed by atoms with van der Waals surface area (Å²) in [7, 11) is 3.73. The topological polar surface area (TPSA) is 93.0 Å². The maximum absolute atomic E-state index is 13.0. The molecule has 9 nitrogen and oxygen atoms in total. The molecule has 3 atom stereocenters. The van der Waals surface area contributed by atoms with Crippen LogP contribution in [0.5, 0.6) is 5.75 Å². The highest BCUT2D eigenvalue weighted by Gasteiger charge is 2.28. The molecule has 182 valence electrons. The van der Waals surface area contributed by atoms with Crippen LogP contribution in [0.3, 0.4) is 0 Å². The molecule has 1 aliphatic rings. The molecule has 9 heteroatoms. The fourth-order valence-electron chi connectivity index (χ4n) is 4.16. The molecule has 0 fully saturated rings. The van der Waals surface area contributed by atoms with Crippen LogP contribution in [-0.4, -0.2) is 81.8 Å². The molecule has 1 amide bonds. The number of methoxy groups -OCH3 is 1. The summed E-state index contributed by atoms with van der Waals surface area (Å²) in [6, 6.07) is 7.82. The van der Waals surface area contributed by atoms with Crippen LogP contribution < -0.4 is 4.74 Å². The van der Waals surface area contributed by atoms with Crippen molar-refractivity contribution in [3.05, 3.63) is 41.7 Å². The van der Waals surface area contributed by atoms with E-state index in [0.29, 0.717) is 39.1 Å². The molecule has 1 aromatic heterocycles. The van der Waals surface area contributed by atoms with E-state index < -0.39 is 0 Å². The Morgan fingerprint density at radius 1 is 1.33 bits per heavy atom. The van der Waals surface area contributed by atoms with Gasteiger partial charge in [0.25, 0.3) is 0 Å². The van der Waals surface area contributed by atoms with Crippen LogP contribution in [0.1, 0.15) is 37.9 Å². The standard InChI is InChI=1S/C24H37N5O4/c1-18-13-28(19(2)16-30)24(31)6-5-11-29-21(12-25-26-29)17-33-23(18)15-27(3)14-20-7-9-22(32-4)10-8-20/h7-10,12,18-19,23,30H,5-6,11,13-17H2,1-4H3/t18-,19+,23-/m0/s1. The first-order valence-corrected chi connectivity index (χ1v) is 11.6. The number of carbonyl (C=O) groups is 1. The summed E-state index contributed by atoms with van der Waals surface area (Å²) in [5.41, 5.74) is 2.10. The van der Waals surface area contributed by atoms with Gasteiger partial charge in [0.05, 0.1) is 44.4 Å². The predicted octanol–water partition coefficient (Wildman–Crippen LogP) is 1.94. The second kappa shape index (κ2) is 12.1. The summed E-state index contributed by atoms with van der Waals surface area (Å²) < 4.78 is 13.5. The van der Waals surface area contributed by atoms with E-state index in [0.717, 1.165) is 18.0 Å². The van der Waals surface area contributed by atoms with Gasteiger partial charge in [0.2, 0.25) is 5.91 Å². The second-order valence-electron chi connectivity index (χ2n) is 9.00. The Balaban J connectivity index is 1.75.